The van der Waals surface area contributed by atoms with Gasteiger partial charge in [0.25, 0.3) is 5.91 Å². The van der Waals surface area contributed by atoms with Crippen LogP contribution in [0.25, 0.3) is 0 Å². The number of cyclic esters (lactones) is 1. The molecule has 25 heavy (non-hydrogen) atoms. The zero-order chi connectivity index (χ0) is 17.8. The molecular formula is C20H21NO4. The Hall–Kier alpha value is -2.82. The van der Waals surface area contributed by atoms with Crippen molar-refractivity contribution in [1.29, 1.82) is 0 Å². The number of rotatable bonds is 5. The lowest BCUT2D eigenvalue weighted by Gasteiger charge is -2.24. The van der Waals surface area contributed by atoms with Crippen LogP contribution in [0.1, 0.15) is 35.3 Å². The van der Waals surface area contributed by atoms with Crippen molar-refractivity contribution in [2.75, 3.05) is 11.9 Å². The van der Waals surface area contributed by atoms with Crippen LogP contribution in [-0.4, -0.2) is 24.6 Å². The van der Waals surface area contributed by atoms with Gasteiger partial charge in [0, 0.05) is 12.1 Å². The molecule has 5 nitrogen and oxygen atoms in total. The Bertz CT molecular complexity index is 783. The van der Waals surface area contributed by atoms with Gasteiger partial charge in [-0.25, -0.2) is 4.79 Å². The van der Waals surface area contributed by atoms with E-state index in [2.05, 4.69) is 12.2 Å². The second-order valence-corrected chi connectivity index (χ2v) is 5.89. The Morgan fingerprint density at radius 1 is 1.20 bits per heavy atom. The lowest BCUT2D eigenvalue weighted by Crippen LogP contribution is -2.38. The van der Waals surface area contributed by atoms with Crippen LogP contribution >= 0.6 is 0 Å². The van der Waals surface area contributed by atoms with E-state index in [0.29, 0.717) is 24.3 Å². The number of ether oxygens (including phenoxy) is 2. The first kappa shape index (κ1) is 17.0. The molecule has 0 bridgehead atoms. The van der Waals surface area contributed by atoms with E-state index in [1.807, 2.05) is 19.1 Å². The number of nitrogens with one attached hydrogen (secondary N) is 1. The Balaban J connectivity index is 1.71. The first-order valence-corrected chi connectivity index (χ1v) is 8.47. The molecule has 0 aromatic heterocycles. The van der Waals surface area contributed by atoms with E-state index in [-0.39, 0.29) is 5.91 Å². The van der Waals surface area contributed by atoms with E-state index in [4.69, 9.17) is 9.47 Å². The van der Waals surface area contributed by atoms with E-state index in [1.54, 1.807) is 30.3 Å². The lowest BCUT2D eigenvalue weighted by molar-refractivity contribution is -0.125. The minimum Gasteiger partial charge on any atom is -0.494 e. The lowest BCUT2D eigenvalue weighted by atomic mass is 9.95. The summed E-state index contributed by atoms with van der Waals surface area (Å²) in [6.07, 6.45) is 0.446. The van der Waals surface area contributed by atoms with Crippen molar-refractivity contribution in [3.05, 3.63) is 59.2 Å². The molecule has 0 aliphatic carbocycles. The van der Waals surface area contributed by atoms with Gasteiger partial charge in [-0.15, -0.1) is 0 Å². The van der Waals surface area contributed by atoms with Gasteiger partial charge in [-0.05, 0) is 54.8 Å². The zero-order valence-electron chi connectivity index (χ0n) is 14.4. The van der Waals surface area contributed by atoms with Gasteiger partial charge >= 0.3 is 5.97 Å². The fourth-order valence-corrected chi connectivity index (χ4v) is 2.84. The molecule has 1 heterocycles. The fourth-order valence-electron chi connectivity index (χ4n) is 2.84. The monoisotopic (exact) mass is 339 g/mol. The number of hydrogen-bond donors (Lipinski definition) is 1. The summed E-state index contributed by atoms with van der Waals surface area (Å²) < 4.78 is 10.7. The summed E-state index contributed by atoms with van der Waals surface area (Å²) in [5.74, 6) is -0.0357. The molecule has 3 rings (SSSR count). The number of fused-ring (bicyclic) bond motifs is 1. The van der Waals surface area contributed by atoms with Gasteiger partial charge in [0.2, 0.25) is 0 Å². The number of hydrogen-bond acceptors (Lipinski definition) is 4. The summed E-state index contributed by atoms with van der Waals surface area (Å²) >= 11 is 0. The van der Waals surface area contributed by atoms with Crippen molar-refractivity contribution in [3.63, 3.8) is 0 Å². The van der Waals surface area contributed by atoms with Crippen molar-refractivity contribution >= 4 is 17.6 Å². The highest BCUT2D eigenvalue weighted by Crippen LogP contribution is 2.24. The maximum atomic E-state index is 12.5. The molecular weight excluding hydrogens is 318 g/mol. The van der Waals surface area contributed by atoms with Gasteiger partial charge in [-0.2, -0.15) is 0 Å². The Morgan fingerprint density at radius 3 is 2.64 bits per heavy atom. The van der Waals surface area contributed by atoms with Crippen LogP contribution in [0.4, 0.5) is 5.69 Å². The highest BCUT2D eigenvalue weighted by Gasteiger charge is 2.31. The minimum absolute atomic E-state index is 0.329. The molecule has 1 atom stereocenters. The fraction of sp³-hybridized carbons (Fsp3) is 0.300. The summed E-state index contributed by atoms with van der Waals surface area (Å²) in [5.41, 5.74) is 3.18. The Labute approximate surface area is 147 Å². The van der Waals surface area contributed by atoms with Crippen LogP contribution in [0.5, 0.6) is 5.75 Å². The van der Waals surface area contributed by atoms with Crippen LogP contribution < -0.4 is 10.1 Å². The highest BCUT2D eigenvalue weighted by molar-refractivity contribution is 6.00. The van der Waals surface area contributed by atoms with Gasteiger partial charge in [-0.3, -0.25) is 4.79 Å². The second kappa shape index (κ2) is 7.38. The topological polar surface area (TPSA) is 64.6 Å². The second-order valence-electron chi connectivity index (χ2n) is 5.89. The maximum Gasteiger partial charge on any atom is 0.339 e. The van der Waals surface area contributed by atoms with E-state index >= 15 is 0 Å². The van der Waals surface area contributed by atoms with Gasteiger partial charge in [0.1, 0.15) is 5.75 Å². The predicted molar refractivity (Wildman–Crippen MR) is 95.0 cm³/mol. The van der Waals surface area contributed by atoms with E-state index in [0.717, 1.165) is 23.3 Å². The van der Waals surface area contributed by atoms with Crippen LogP contribution in [0.2, 0.25) is 0 Å². The highest BCUT2D eigenvalue weighted by atomic mass is 16.5. The molecule has 1 N–H and O–H groups in total. The first-order valence-electron chi connectivity index (χ1n) is 8.47. The summed E-state index contributed by atoms with van der Waals surface area (Å²) in [7, 11) is 0. The van der Waals surface area contributed by atoms with Gasteiger partial charge in [0.15, 0.2) is 6.10 Å². The van der Waals surface area contributed by atoms with Crippen LogP contribution in [0.3, 0.4) is 0 Å². The number of esters is 1. The normalized spacial score (nSPS) is 15.9. The largest absolute Gasteiger partial charge is 0.494 e. The van der Waals surface area contributed by atoms with Crippen molar-refractivity contribution in [2.45, 2.75) is 32.8 Å². The number of anilines is 1. The van der Waals surface area contributed by atoms with Crippen molar-refractivity contribution in [3.8, 4) is 5.75 Å². The number of aryl methyl sites for hydroxylation is 1. The predicted octanol–water partition coefficient (Wildman–Crippen LogP) is 3.37. The summed E-state index contributed by atoms with van der Waals surface area (Å²) in [5, 5.41) is 2.79. The number of amides is 1. The third kappa shape index (κ3) is 3.82. The van der Waals surface area contributed by atoms with Crippen LogP contribution in [-0.2, 0) is 22.4 Å². The van der Waals surface area contributed by atoms with Crippen LogP contribution in [0.15, 0.2) is 42.5 Å². The van der Waals surface area contributed by atoms with E-state index < -0.39 is 12.1 Å². The van der Waals surface area contributed by atoms with E-state index in [1.165, 1.54) is 0 Å². The smallest absolute Gasteiger partial charge is 0.339 e. The molecule has 5 heteroatoms. The first-order chi connectivity index (χ1) is 12.1. The quantitative estimate of drug-likeness (QED) is 0.848. The molecule has 1 aliphatic rings. The molecule has 0 radical (unpaired) electrons. The summed E-state index contributed by atoms with van der Waals surface area (Å²) in [6, 6.07) is 12.8. The van der Waals surface area contributed by atoms with Gasteiger partial charge in [0.05, 0.1) is 12.2 Å². The molecule has 130 valence electrons. The standard InChI is InChI=1S/C20H21NO4/c1-3-13-5-10-17-14(11-13)12-18(25-20(17)23)19(22)21-15-6-8-16(9-7-15)24-4-2/h5-11,18H,3-4,12H2,1-2H3,(H,21,22). The number of carbonyl (C=O) groups excluding carboxylic acids is 2. The van der Waals surface area contributed by atoms with Gasteiger partial charge in [-0.1, -0.05) is 19.1 Å². The molecule has 0 spiro atoms. The molecule has 2 aromatic rings. The van der Waals surface area contributed by atoms with Crippen LogP contribution in [0, 0.1) is 0 Å². The molecule has 0 fully saturated rings. The number of carbonyl (C=O) groups is 2. The van der Waals surface area contributed by atoms with Crippen molar-refractivity contribution < 1.29 is 19.1 Å². The molecule has 0 saturated heterocycles. The third-order valence-corrected chi connectivity index (χ3v) is 4.18. The average molecular weight is 339 g/mol. The zero-order valence-corrected chi connectivity index (χ0v) is 14.4. The van der Waals surface area contributed by atoms with Gasteiger partial charge < -0.3 is 14.8 Å². The molecule has 2 aromatic carbocycles. The summed E-state index contributed by atoms with van der Waals surface area (Å²) in [6.45, 7) is 4.55. The SMILES string of the molecule is CCOc1ccc(NC(=O)C2Cc3cc(CC)ccc3C(=O)O2)cc1. The summed E-state index contributed by atoms with van der Waals surface area (Å²) in [4.78, 5) is 24.6. The molecule has 1 amide bonds. The number of benzene rings is 2. The minimum atomic E-state index is -0.821. The maximum absolute atomic E-state index is 12.5. The Kier molecular flexibility index (Phi) is 5.03. The molecule has 0 saturated carbocycles. The van der Waals surface area contributed by atoms with Crippen molar-refractivity contribution in [1.82, 2.24) is 0 Å². The van der Waals surface area contributed by atoms with Crippen molar-refractivity contribution in [2.24, 2.45) is 0 Å². The third-order valence-electron chi connectivity index (χ3n) is 4.18. The average Bonchev–Trinajstić information content (AvgIpc) is 2.63. The van der Waals surface area contributed by atoms with E-state index in [9.17, 15) is 9.59 Å². The molecule has 1 aliphatic heterocycles. The molecule has 1 unspecified atom stereocenters. The Morgan fingerprint density at radius 2 is 1.96 bits per heavy atom.